The van der Waals surface area contributed by atoms with Crippen molar-refractivity contribution >= 4 is 11.7 Å². The number of carbonyl (C=O) groups excluding carboxylic acids is 2. The van der Waals surface area contributed by atoms with E-state index in [1.54, 1.807) is 0 Å². The molecule has 1 aliphatic heterocycles. The van der Waals surface area contributed by atoms with Gasteiger partial charge >= 0.3 is 0 Å². The highest BCUT2D eigenvalue weighted by Gasteiger charge is 2.39. The van der Waals surface area contributed by atoms with Crippen LogP contribution in [0.25, 0.3) is 0 Å². The smallest absolute Gasteiger partial charge is 0.226 e. The van der Waals surface area contributed by atoms with Crippen molar-refractivity contribution in [2.24, 2.45) is 11.8 Å². The summed E-state index contributed by atoms with van der Waals surface area (Å²) in [7, 11) is 1.82. The fraction of sp³-hybridized carbons (Fsp3) is 0.714. The third-order valence-corrected chi connectivity index (χ3v) is 8.01. The second-order valence-corrected chi connectivity index (χ2v) is 10.1. The highest BCUT2D eigenvalue weighted by Crippen LogP contribution is 2.35. The zero-order valence-corrected chi connectivity index (χ0v) is 21.1. The van der Waals surface area contributed by atoms with Gasteiger partial charge in [-0.15, -0.1) is 0 Å². The van der Waals surface area contributed by atoms with Gasteiger partial charge in [0, 0.05) is 38.0 Å². The molecule has 2 aliphatic rings. The zero-order valence-electron chi connectivity index (χ0n) is 21.1. The molecule has 3 rings (SSSR count). The molecule has 1 aromatic rings. The van der Waals surface area contributed by atoms with Crippen LogP contribution in [0, 0.1) is 11.8 Å². The second kappa shape index (κ2) is 13.2. The lowest BCUT2D eigenvalue weighted by atomic mass is 9.76. The molecule has 3 atom stereocenters. The average Bonchev–Trinajstić information content (AvgIpc) is 3.33. The Balaban J connectivity index is 1.65. The van der Waals surface area contributed by atoms with Gasteiger partial charge < -0.3 is 15.1 Å². The Kier molecular flexibility index (Phi) is 10.4. The van der Waals surface area contributed by atoms with Crippen molar-refractivity contribution < 1.29 is 9.59 Å². The summed E-state index contributed by atoms with van der Waals surface area (Å²) in [5.74, 6) is 0.643. The maximum Gasteiger partial charge on any atom is 0.226 e. The number of nitrogens with one attached hydrogen (secondary N) is 1. The summed E-state index contributed by atoms with van der Waals surface area (Å²) < 4.78 is 0. The summed E-state index contributed by atoms with van der Waals surface area (Å²) in [5, 5.41) is 3.07. The number of amides is 1. The van der Waals surface area contributed by atoms with Gasteiger partial charge in [0.25, 0.3) is 0 Å². The van der Waals surface area contributed by atoms with Crippen molar-refractivity contribution in [1.82, 2.24) is 15.1 Å². The number of nitrogens with zero attached hydrogens (tertiary/aromatic N) is 2. The molecule has 5 nitrogen and oxygen atoms in total. The number of carbonyl (C=O) groups is 2. The highest BCUT2D eigenvalue weighted by atomic mass is 16.2. The van der Waals surface area contributed by atoms with E-state index in [4.69, 9.17) is 0 Å². The molecule has 1 N–H and O–H groups in total. The Hall–Kier alpha value is -1.72. The van der Waals surface area contributed by atoms with Crippen LogP contribution >= 0.6 is 0 Å². The van der Waals surface area contributed by atoms with E-state index in [0.29, 0.717) is 12.3 Å². The van der Waals surface area contributed by atoms with Gasteiger partial charge in [0.2, 0.25) is 5.91 Å². The monoisotopic (exact) mass is 455 g/mol. The van der Waals surface area contributed by atoms with Crippen molar-refractivity contribution in [1.29, 1.82) is 0 Å². The molecule has 0 unspecified atom stereocenters. The molecule has 0 spiro atoms. The van der Waals surface area contributed by atoms with E-state index in [-0.39, 0.29) is 29.7 Å². The predicted molar refractivity (Wildman–Crippen MR) is 135 cm³/mol. The van der Waals surface area contributed by atoms with Crippen molar-refractivity contribution in [2.75, 3.05) is 33.2 Å². The minimum Gasteiger partial charge on any atom is -0.338 e. The van der Waals surface area contributed by atoms with Crippen LogP contribution in [-0.2, 0) is 16.0 Å². The topological polar surface area (TPSA) is 52.7 Å². The van der Waals surface area contributed by atoms with E-state index in [9.17, 15) is 9.59 Å². The number of hydrogen-bond donors (Lipinski definition) is 1. The first-order valence-corrected chi connectivity index (χ1v) is 13.3. The van der Waals surface area contributed by atoms with Crippen molar-refractivity contribution in [3.05, 3.63) is 35.9 Å². The normalized spacial score (nSPS) is 21.3. The second-order valence-electron chi connectivity index (χ2n) is 10.1. The first-order valence-electron chi connectivity index (χ1n) is 13.3. The average molecular weight is 456 g/mol. The fourth-order valence-electron chi connectivity index (χ4n) is 5.68. The van der Waals surface area contributed by atoms with Crippen molar-refractivity contribution in [3.8, 4) is 0 Å². The summed E-state index contributed by atoms with van der Waals surface area (Å²) in [4.78, 5) is 31.4. The number of likely N-dealkylation sites (tertiary alicyclic amines) is 1. The minimum atomic E-state index is -0.188. The lowest BCUT2D eigenvalue weighted by molar-refractivity contribution is -0.142. The first-order chi connectivity index (χ1) is 16.0. The largest absolute Gasteiger partial charge is 0.338 e. The van der Waals surface area contributed by atoms with Gasteiger partial charge in [0.15, 0.2) is 0 Å². The maximum atomic E-state index is 13.9. The van der Waals surface area contributed by atoms with Crippen molar-refractivity contribution in [2.45, 2.75) is 83.7 Å². The Morgan fingerprint density at radius 2 is 1.82 bits per heavy atom. The number of hydrogen-bond acceptors (Lipinski definition) is 4. The minimum absolute atomic E-state index is 0.145. The molecule has 1 aromatic carbocycles. The lowest BCUT2D eigenvalue weighted by Crippen LogP contribution is -2.48. The van der Waals surface area contributed by atoms with E-state index in [1.807, 2.05) is 14.0 Å². The molecular weight excluding hydrogens is 410 g/mol. The summed E-state index contributed by atoms with van der Waals surface area (Å²) in [5.41, 5.74) is 1.37. The summed E-state index contributed by atoms with van der Waals surface area (Å²) in [6.45, 7) is 7.93. The molecule has 1 aliphatic carbocycles. The van der Waals surface area contributed by atoms with Crippen molar-refractivity contribution in [3.63, 3.8) is 0 Å². The van der Waals surface area contributed by atoms with Crippen LogP contribution in [0.15, 0.2) is 30.3 Å². The number of benzene rings is 1. The molecule has 1 heterocycles. The summed E-state index contributed by atoms with van der Waals surface area (Å²) >= 11 is 0. The molecule has 0 bridgehead atoms. The quantitative estimate of drug-likeness (QED) is 0.510. The van der Waals surface area contributed by atoms with Crippen LogP contribution in [-0.4, -0.2) is 66.8 Å². The van der Waals surface area contributed by atoms with Crippen LogP contribution in [0.4, 0.5) is 0 Å². The molecule has 1 saturated carbocycles. The highest BCUT2D eigenvalue weighted by molar-refractivity contribution is 5.90. The Labute approximate surface area is 201 Å². The number of Topliss-reactive ketones (excluding diaryl/α,β-unsaturated/α-hetero) is 1. The molecule has 1 saturated heterocycles. The summed E-state index contributed by atoms with van der Waals surface area (Å²) in [6.07, 6.45) is 9.40. The molecule has 2 fully saturated rings. The number of rotatable bonds is 12. The van der Waals surface area contributed by atoms with E-state index in [1.165, 1.54) is 24.8 Å². The maximum absolute atomic E-state index is 13.9. The number of ketones is 1. The Morgan fingerprint density at radius 1 is 1.09 bits per heavy atom. The third-order valence-electron chi connectivity index (χ3n) is 8.01. The molecule has 33 heavy (non-hydrogen) atoms. The molecular formula is C28H45N3O2. The van der Waals surface area contributed by atoms with E-state index in [0.717, 1.165) is 58.3 Å². The summed E-state index contributed by atoms with van der Waals surface area (Å²) in [6, 6.07) is 10.7. The van der Waals surface area contributed by atoms with Gasteiger partial charge in [-0.05, 0) is 64.1 Å². The zero-order chi connectivity index (χ0) is 23.6. The van der Waals surface area contributed by atoms with Crippen LogP contribution in [0.2, 0.25) is 0 Å². The lowest BCUT2D eigenvalue weighted by Gasteiger charge is -2.36. The van der Waals surface area contributed by atoms with Gasteiger partial charge in [-0.3, -0.25) is 9.59 Å². The Bertz CT molecular complexity index is 732. The van der Waals surface area contributed by atoms with Gasteiger partial charge in [-0.2, -0.15) is 0 Å². The molecule has 184 valence electrons. The standard InChI is InChI=1S/C28H45N3O2/c1-4-30(19-17-23-12-7-5-8-13-23)21-25-16-11-18-31(25)28(33)26(20-27(32)22(2)29-3)24-14-9-6-10-15-24/h5,7-8,12-13,22,24-26,29H,4,6,9-11,14-21H2,1-3H3/t22-,25-,26+/m0/s1. The van der Waals surface area contributed by atoms with Gasteiger partial charge in [-0.25, -0.2) is 0 Å². The van der Waals surface area contributed by atoms with Crippen LogP contribution in [0.5, 0.6) is 0 Å². The van der Waals surface area contributed by atoms with Gasteiger partial charge in [0.1, 0.15) is 5.78 Å². The van der Waals surface area contributed by atoms with Crippen LogP contribution in [0.1, 0.15) is 70.8 Å². The number of likely N-dealkylation sites (N-methyl/N-ethyl adjacent to an activating group) is 2. The SMILES string of the molecule is CCN(CCc1ccccc1)C[C@@H]1CCCN1C(=O)[C@H](CC(=O)[C@H](C)NC)C1CCCCC1. The van der Waals surface area contributed by atoms with Gasteiger partial charge in [-0.1, -0.05) is 56.5 Å². The van der Waals surface area contributed by atoms with E-state index < -0.39 is 0 Å². The molecule has 0 radical (unpaired) electrons. The van der Waals surface area contributed by atoms with Crippen LogP contribution < -0.4 is 5.32 Å². The third kappa shape index (κ3) is 7.38. The van der Waals surface area contributed by atoms with E-state index >= 15 is 0 Å². The molecule has 1 amide bonds. The van der Waals surface area contributed by atoms with Crippen LogP contribution in [0.3, 0.4) is 0 Å². The Morgan fingerprint density at radius 3 is 2.48 bits per heavy atom. The fourth-order valence-corrected chi connectivity index (χ4v) is 5.68. The molecule has 0 aromatic heterocycles. The van der Waals surface area contributed by atoms with Gasteiger partial charge in [0.05, 0.1) is 6.04 Å². The molecule has 5 heteroatoms. The predicted octanol–water partition coefficient (Wildman–Crippen LogP) is 4.31. The first kappa shape index (κ1) is 25.9. The van der Waals surface area contributed by atoms with E-state index in [2.05, 4.69) is 52.4 Å².